The number of benzene rings is 1. The Hall–Kier alpha value is -2.15. The molecule has 1 heterocycles. The molecule has 94 valence electrons. The van der Waals surface area contributed by atoms with Crippen molar-refractivity contribution in [1.82, 2.24) is 14.9 Å². The molecule has 1 amide bonds. The van der Waals surface area contributed by atoms with Crippen LogP contribution < -0.4 is 15.8 Å². The van der Waals surface area contributed by atoms with Crippen LogP contribution in [-0.4, -0.2) is 28.6 Å². The van der Waals surface area contributed by atoms with Gasteiger partial charge in [0.05, 0.1) is 6.54 Å². The van der Waals surface area contributed by atoms with Crippen molar-refractivity contribution in [3.63, 3.8) is 0 Å². The van der Waals surface area contributed by atoms with Gasteiger partial charge in [0.15, 0.2) is 5.69 Å². The topological polar surface area (TPSA) is 90.1 Å². The van der Waals surface area contributed by atoms with E-state index in [9.17, 15) is 4.79 Å². The van der Waals surface area contributed by atoms with Gasteiger partial charge in [0.1, 0.15) is 12.4 Å². The molecule has 18 heavy (non-hydrogen) atoms. The highest BCUT2D eigenvalue weighted by Crippen LogP contribution is 2.12. The molecule has 1 aromatic carbocycles. The normalized spacial score (nSPS) is 10.0. The van der Waals surface area contributed by atoms with Crippen LogP contribution in [-0.2, 0) is 0 Å². The van der Waals surface area contributed by atoms with Crippen molar-refractivity contribution in [3.05, 3.63) is 35.3 Å². The van der Waals surface area contributed by atoms with Crippen LogP contribution in [0.5, 0.6) is 5.75 Å². The van der Waals surface area contributed by atoms with Crippen LogP contribution in [0.25, 0.3) is 0 Å². The Bertz CT molecular complexity index is 498. The van der Waals surface area contributed by atoms with E-state index in [1.54, 1.807) is 29.6 Å². The fraction of sp³-hybridized carbons (Fsp3) is 0.182. The minimum absolute atomic E-state index is 0.246. The molecule has 2 rings (SSSR count). The number of rotatable bonds is 5. The summed E-state index contributed by atoms with van der Waals surface area (Å²) in [4.78, 5) is 11.5. The third kappa shape index (κ3) is 3.42. The van der Waals surface area contributed by atoms with Crippen LogP contribution in [0.3, 0.4) is 0 Å². The Balaban J connectivity index is 1.70. The number of nitrogen functional groups attached to an aromatic ring is 1. The molecule has 0 bridgehead atoms. The zero-order chi connectivity index (χ0) is 12.8. The van der Waals surface area contributed by atoms with E-state index >= 15 is 0 Å². The highest BCUT2D eigenvalue weighted by molar-refractivity contribution is 7.03. The molecule has 7 heteroatoms. The van der Waals surface area contributed by atoms with Crippen LogP contribution in [0.4, 0.5) is 5.69 Å². The van der Waals surface area contributed by atoms with Gasteiger partial charge in [-0.25, -0.2) is 0 Å². The maximum atomic E-state index is 11.5. The molecule has 0 spiro atoms. The monoisotopic (exact) mass is 264 g/mol. The molecule has 6 nitrogen and oxygen atoms in total. The van der Waals surface area contributed by atoms with Crippen molar-refractivity contribution in [2.24, 2.45) is 0 Å². The minimum atomic E-state index is -0.246. The van der Waals surface area contributed by atoms with Crippen LogP contribution in [0.1, 0.15) is 10.5 Å². The van der Waals surface area contributed by atoms with Crippen molar-refractivity contribution in [1.29, 1.82) is 0 Å². The average Bonchev–Trinajstić information content (AvgIpc) is 2.90. The fourth-order valence-corrected chi connectivity index (χ4v) is 1.69. The number of anilines is 1. The molecule has 0 atom stereocenters. The van der Waals surface area contributed by atoms with Gasteiger partial charge in [0.2, 0.25) is 0 Å². The first-order valence-electron chi connectivity index (χ1n) is 5.29. The fourth-order valence-electron chi connectivity index (χ4n) is 1.25. The number of hydrogen-bond acceptors (Lipinski definition) is 6. The largest absolute Gasteiger partial charge is 0.492 e. The van der Waals surface area contributed by atoms with E-state index in [0.717, 1.165) is 11.5 Å². The first kappa shape index (κ1) is 12.3. The van der Waals surface area contributed by atoms with Gasteiger partial charge in [-0.1, -0.05) is 4.49 Å². The van der Waals surface area contributed by atoms with Crippen molar-refractivity contribution in [3.8, 4) is 5.75 Å². The maximum Gasteiger partial charge on any atom is 0.272 e. The summed E-state index contributed by atoms with van der Waals surface area (Å²) in [6.07, 6.45) is 0. The van der Waals surface area contributed by atoms with Crippen molar-refractivity contribution < 1.29 is 9.53 Å². The van der Waals surface area contributed by atoms with Gasteiger partial charge in [-0.3, -0.25) is 4.79 Å². The number of carbonyl (C=O) groups excluding carboxylic acids is 1. The number of hydrogen-bond donors (Lipinski definition) is 2. The lowest BCUT2D eigenvalue weighted by Gasteiger charge is -2.06. The molecule has 0 aliphatic heterocycles. The van der Waals surface area contributed by atoms with Crippen molar-refractivity contribution in [2.75, 3.05) is 18.9 Å². The molecule has 0 saturated heterocycles. The van der Waals surface area contributed by atoms with E-state index in [0.29, 0.717) is 30.3 Å². The quantitative estimate of drug-likeness (QED) is 0.619. The molecule has 0 radical (unpaired) electrons. The number of amides is 1. The second-order valence-electron chi connectivity index (χ2n) is 3.46. The summed E-state index contributed by atoms with van der Waals surface area (Å²) >= 11 is 1.14. The Morgan fingerprint density at radius 2 is 2.17 bits per heavy atom. The first-order valence-corrected chi connectivity index (χ1v) is 6.13. The minimum Gasteiger partial charge on any atom is -0.492 e. The average molecular weight is 264 g/mol. The Labute approximate surface area is 108 Å². The lowest BCUT2D eigenvalue weighted by molar-refractivity contribution is 0.0942. The van der Waals surface area contributed by atoms with Gasteiger partial charge >= 0.3 is 0 Å². The summed E-state index contributed by atoms with van der Waals surface area (Å²) < 4.78 is 9.04. The highest BCUT2D eigenvalue weighted by Gasteiger charge is 2.07. The smallest absolute Gasteiger partial charge is 0.272 e. The lowest BCUT2D eigenvalue weighted by atomic mass is 10.3. The van der Waals surface area contributed by atoms with Crippen LogP contribution in [0.15, 0.2) is 29.6 Å². The van der Waals surface area contributed by atoms with E-state index in [-0.39, 0.29) is 5.91 Å². The molecule has 3 N–H and O–H groups in total. The number of nitrogens with zero attached hydrogens (tertiary/aromatic N) is 2. The molecule has 0 aliphatic rings. The molecule has 2 aromatic rings. The standard InChI is InChI=1S/C11H12N4O2S/c12-8-1-3-9(4-2-8)17-6-5-13-11(16)10-7-18-15-14-10/h1-4,7H,5-6,12H2,(H,13,16). The Morgan fingerprint density at radius 3 is 2.83 bits per heavy atom. The summed E-state index contributed by atoms with van der Waals surface area (Å²) in [5.41, 5.74) is 6.56. The van der Waals surface area contributed by atoms with Crippen LogP contribution in [0.2, 0.25) is 0 Å². The zero-order valence-corrected chi connectivity index (χ0v) is 10.3. The van der Waals surface area contributed by atoms with Crippen LogP contribution in [0, 0.1) is 0 Å². The molecular weight excluding hydrogens is 252 g/mol. The molecule has 0 fully saturated rings. The molecule has 0 aliphatic carbocycles. The summed E-state index contributed by atoms with van der Waals surface area (Å²) in [6.45, 7) is 0.786. The molecular formula is C11H12N4O2S. The van der Waals surface area contributed by atoms with Crippen LogP contribution >= 0.6 is 11.5 Å². The zero-order valence-electron chi connectivity index (χ0n) is 9.50. The summed E-state index contributed by atoms with van der Waals surface area (Å²) in [6, 6.07) is 7.08. The second kappa shape index (κ2) is 5.97. The summed E-state index contributed by atoms with van der Waals surface area (Å²) in [7, 11) is 0. The summed E-state index contributed by atoms with van der Waals surface area (Å²) in [5, 5.41) is 7.94. The first-order chi connectivity index (χ1) is 8.75. The number of ether oxygens (including phenoxy) is 1. The number of carbonyl (C=O) groups is 1. The third-order valence-corrected chi connectivity index (χ3v) is 2.63. The Morgan fingerprint density at radius 1 is 1.39 bits per heavy atom. The van der Waals surface area contributed by atoms with Gasteiger partial charge in [0.25, 0.3) is 5.91 Å². The highest BCUT2D eigenvalue weighted by atomic mass is 32.1. The molecule has 0 saturated carbocycles. The van der Waals surface area contributed by atoms with Crippen molar-refractivity contribution >= 4 is 23.1 Å². The van der Waals surface area contributed by atoms with Gasteiger partial charge < -0.3 is 15.8 Å². The SMILES string of the molecule is Nc1ccc(OCCNC(=O)c2csnn2)cc1. The number of nitrogens with two attached hydrogens (primary N) is 1. The van der Waals surface area contributed by atoms with E-state index in [1.165, 1.54) is 0 Å². The lowest BCUT2D eigenvalue weighted by Crippen LogP contribution is -2.28. The predicted octanol–water partition coefficient (Wildman–Crippen LogP) is 0.929. The van der Waals surface area contributed by atoms with Gasteiger partial charge in [-0.15, -0.1) is 5.10 Å². The predicted molar refractivity (Wildman–Crippen MR) is 68.6 cm³/mol. The van der Waals surface area contributed by atoms with E-state index < -0.39 is 0 Å². The van der Waals surface area contributed by atoms with Gasteiger partial charge in [-0.2, -0.15) is 0 Å². The van der Waals surface area contributed by atoms with Gasteiger partial charge in [-0.05, 0) is 35.8 Å². The Kier molecular flexibility index (Phi) is 4.08. The van der Waals surface area contributed by atoms with E-state index in [1.807, 2.05) is 0 Å². The van der Waals surface area contributed by atoms with E-state index in [4.69, 9.17) is 10.5 Å². The molecule has 0 unspecified atom stereocenters. The van der Waals surface area contributed by atoms with E-state index in [2.05, 4.69) is 14.9 Å². The summed E-state index contributed by atoms with van der Waals surface area (Å²) in [5.74, 6) is 0.471. The van der Waals surface area contributed by atoms with Gasteiger partial charge in [0, 0.05) is 11.1 Å². The number of nitrogens with one attached hydrogen (secondary N) is 1. The second-order valence-corrected chi connectivity index (χ2v) is 4.07. The molecule has 1 aromatic heterocycles. The van der Waals surface area contributed by atoms with Crippen molar-refractivity contribution in [2.45, 2.75) is 0 Å². The maximum absolute atomic E-state index is 11.5. The number of aromatic nitrogens is 2. The third-order valence-electron chi connectivity index (χ3n) is 2.13.